The van der Waals surface area contributed by atoms with Crippen molar-refractivity contribution in [1.82, 2.24) is 0 Å². The first-order chi connectivity index (χ1) is 8.40. The zero-order chi connectivity index (χ0) is 13.4. The third-order valence-corrected chi connectivity index (χ3v) is 3.63. The lowest BCUT2D eigenvalue weighted by Gasteiger charge is -2.29. The quantitative estimate of drug-likeness (QED) is 0.747. The van der Waals surface area contributed by atoms with Gasteiger partial charge in [-0.25, -0.2) is 4.39 Å². The van der Waals surface area contributed by atoms with Crippen molar-refractivity contribution in [3.8, 4) is 0 Å². The van der Waals surface area contributed by atoms with E-state index in [1.807, 2.05) is 6.92 Å². The molecule has 18 heavy (non-hydrogen) atoms. The van der Waals surface area contributed by atoms with Gasteiger partial charge in [0.25, 0.3) is 0 Å². The number of anilines is 1. The summed E-state index contributed by atoms with van der Waals surface area (Å²) in [6.45, 7) is 3.61. The molecule has 1 saturated heterocycles. The summed E-state index contributed by atoms with van der Waals surface area (Å²) in [7, 11) is 0. The Balaban J connectivity index is 2.45. The number of rotatable bonds is 1. The van der Waals surface area contributed by atoms with Gasteiger partial charge < -0.3 is 0 Å². The van der Waals surface area contributed by atoms with Crippen molar-refractivity contribution in [3.05, 3.63) is 28.0 Å². The number of benzene rings is 1. The molecule has 2 amide bonds. The molecule has 0 bridgehead atoms. The molecular weight excluding hydrogens is 301 g/mol. The molecule has 1 aromatic carbocycles. The fourth-order valence-corrected chi connectivity index (χ4v) is 2.59. The van der Waals surface area contributed by atoms with Crippen molar-refractivity contribution < 1.29 is 14.0 Å². The summed E-state index contributed by atoms with van der Waals surface area (Å²) in [5, 5.41) is 0. The van der Waals surface area contributed by atoms with E-state index in [4.69, 9.17) is 0 Å². The van der Waals surface area contributed by atoms with Crippen LogP contribution in [-0.4, -0.2) is 11.8 Å². The van der Waals surface area contributed by atoms with E-state index in [-0.39, 0.29) is 17.7 Å². The number of halogens is 2. The van der Waals surface area contributed by atoms with Crippen LogP contribution in [0.2, 0.25) is 0 Å². The van der Waals surface area contributed by atoms with Crippen molar-refractivity contribution >= 4 is 33.4 Å². The van der Waals surface area contributed by atoms with E-state index in [9.17, 15) is 14.0 Å². The van der Waals surface area contributed by atoms with Gasteiger partial charge in [0.15, 0.2) is 0 Å². The van der Waals surface area contributed by atoms with Gasteiger partial charge in [0.05, 0.1) is 10.2 Å². The van der Waals surface area contributed by atoms with Gasteiger partial charge in [0.2, 0.25) is 11.8 Å². The summed E-state index contributed by atoms with van der Waals surface area (Å²) in [5.41, 5.74) is 1.04. The van der Waals surface area contributed by atoms with Gasteiger partial charge in [0.1, 0.15) is 5.82 Å². The monoisotopic (exact) mass is 313 g/mol. The average molecular weight is 314 g/mol. The fourth-order valence-electron chi connectivity index (χ4n) is 2.14. The molecule has 0 aliphatic carbocycles. The first-order valence-electron chi connectivity index (χ1n) is 5.71. The molecule has 3 nitrogen and oxygen atoms in total. The normalized spacial score (nSPS) is 17.4. The number of aryl methyl sites for hydroxylation is 1. The number of piperidine rings is 1. The molecule has 0 unspecified atom stereocenters. The minimum absolute atomic E-state index is 0.0573. The van der Waals surface area contributed by atoms with Gasteiger partial charge in [-0.05, 0) is 46.5 Å². The third-order valence-electron chi connectivity index (χ3n) is 3.02. The van der Waals surface area contributed by atoms with E-state index in [0.29, 0.717) is 28.6 Å². The summed E-state index contributed by atoms with van der Waals surface area (Å²) in [4.78, 5) is 25.0. The number of imide groups is 1. The topological polar surface area (TPSA) is 37.4 Å². The molecule has 1 heterocycles. The summed E-state index contributed by atoms with van der Waals surface area (Å²) in [6, 6.07) is 2.80. The minimum Gasteiger partial charge on any atom is -0.274 e. The van der Waals surface area contributed by atoms with Crippen molar-refractivity contribution in [2.45, 2.75) is 26.7 Å². The molecule has 1 aromatic rings. The van der Waals surface area contributed by atoms with E-state index in [0.717, 1.165) is 4.90 Å². The molecule has 1 aliphatic heterocycles. The molecule has 0 spiro atoms. The molecule has 96 valence electrons. The lowest BCUT2D eigenvalue weighted by atomic mass is 9.96. The van der Waals surface area contributed by atoms with E-state index in [1.165, 1.54) is 6.07 Å². The van der Waals surface area contributed by atoms with Gasteiger partial charge >= 0.3 is 0 Å². The summed E-state index contributed by atoms with van der Waals surface area (Å²) in [6.07, 6.45) is 0.645. The highest BCUT2D eigenvalue weighted by atomic mass is 79.9. The number of carbonyl (C=O) groups excluding carboxylic acids is 2. The highest BCUT2D eigenvalue weighted by Crippen LogP contribution is 2.31. The van der Waals surface area contributed by atoms with Crippen LogP contribution < -0.4 is 4.90 Å². The predicted octanol–water partition coefficient (Wildman–Crippen LogP) is 3.19. The Bertz CT molecular complexity index is 512. The first-order valence-corrected chi connectivity index (χ1v) is 6.51. The maximum absolute atomic E-state index is 13.5. The average Bonchev–Trinajstić information content (AvgIpc) is 2.24. The van der Waals surface area contributed by atoms with Crippen molar-refractivity contribution in [2.75, 3.05) is 4.90 Å². The Hall–Kier alpha value is -1.23. The molecule has 1 aliphatic rings. The molecule has 0 radical (unpaired) electrons. The first kappa shape index (κ1) is 13.2. The van der Waals surface area contributed by atoms with Gasteiger partial charge in [-0.15, -0.1) is 0 Å². The van der Waals surface area contributed by atoms with E-state index in [1.54, 1.807) is 13.0 Å². The molecule has 0 saturated carbocycles. The molecule has 2 rings (SSSR count). The van der Waals surface area contributed by atoms with Crippen LogP contribution in [0.3, 0.4) is 0 Å². The van der Waals surface area contributed by atoms with Crippen LogP contribution in [-0.2, 0) is 9.59 Å². The Morgan fingerprint density at radius 3 is 2.39 bits per heavy atom. The number of amides is 2. The second-order valence-electron chi connectivity index (χ2n) is 4.69. The van der Waals surface area contributed by atoms with Crippen LogP contribution in [0, 0.1) is 18.7 Å². The Kier molecular flexibility index (Phi) is 3.52. The number of hydrogen-bond donors (Lipinski definition) is 0. The maximum Gasteiger partial charge on any atom is 0.234 e. The summed E-state index contributed by atoms with van der Waals surface area (Å²) >= 11 is 3.08. The van der Waals surface area contributed by atoms with E-state index in [2.05, 4.69) is 15.9 Å². The van der Waals surface area contributed by atoms with Gasteiger partial charge in [0, 0.05) is 12.8 Å². The summed E-state index contributed by atoms with van der Waals surface area (Å²) in [5.74, 6) is -0.941. The summed E-state index contributed by atoms with van der Waals surface area (Å²) < 4.78 is 13.9. The Morgan fingerprint density at radius 1 is 1.28 bits per heavy atom. The second-order valence-corrected chi connectivity index (χ2v) is 5.54. The van der Waals surface area contributed by atoms with Crippen LogP contribution >= 0.6 is 15.9 Å². The fraction of sp³-hybridized carbons (Fsp3) is 0.385. The second kappa shape index (κ2) is 4.80. The number of hydrogen-bond acceptors (Lipinski definition) is 2. The SMILES string of the molecule is Cc1cc(Br)c(F)cc1N1C(=O)CC(C)CC1=O. The lowest BCUT2D eigenvalue weighted by Crippen LogP contribution is -2.43. The van der Waals surface area contributed by atoms with Crippen molar-refractivity contribution in [1.29, 1.82) is 0 Å². The van der Waals surface area contributed by atoms with Crippen LogP contribution in [0.5, 0.6) is 0 Å². The number of carbonyl (C=O) groups is 2. The van der Waals surface area contributed by atoms with Crippen LogP contribution in [0.15, 0.2) is 16.6 Å². The van der Waals surface area contributed by atoms with Gasteiger partial charge in [-0.2, -0.15) is 0 Å². The maximum atomic E-state index is 13.5. The number of nitrogens with zero attached hydrogens (tertiary/aromatic N) is 1. The zero-order valence-electron chi connectivity index (χ0n) is 10.2. The van der Waals surface area contributed by atoms with E-state index >= 15 is 0 Å². The highest BCUT2D eigenvalue weighted by molar-refractivity contribution is 9.10. The molecular formula is C13H13BrFNO2. The smallest absolute Gasteiger partial charge is 0.234 e. The molecule has 5 heteroatoms. The highest BCUT2D eigenvalue weighted by Gasteiger charge is 2.32. The molecule has 0 atom stereocenters. The van der Waals surface area contributed by atoms with Crippen molar-refractivity contribution in [2.24, 2.45) is 5.92 Å². The zero-order valence-corrected chi connectivity index (χ0v) is 11.8. The standard InChI is InChI=1S/C13H13BrFNO2/c1-7-3-12(17)16(13(18)4-7)11-6-10(15)9(14)5-8(11)2/h5-7H,3-4H2,1-2H3. The lowest BCUT2D eigenvalue weighted by molar-refractivity contribution is -0.130. The predicted molar refractivity (Wildman–Crippen MR) is 69.7 cm³/mol. The van der Waals surface area contributed by atoms with Crippen LogP contribution in [0.1, 0.15) is 25.3 Å². The Labute approximate surface area is 113 Å². The van der Waals surface area contributed by atoms with Crippen molar-refractivity contribution in [3.63, 3.8) is 0 Å². The van der Waals surface area contributed by atoms with Gasteiger partial charge in [-0.3, -0.25) is 14.5 Å². The minimum atomic E-state index is -0.477. The molecule has 0 aromatic heterocycles. The van der Waals surface area contributed by atoms with Gasteiger partial charge in [-0.1, -0.05) is 6.92 Å². The third kappa shape index (κ3) is 2.32. The van der Waals surface area contributed by atoms with Crippen LogP contribution in [0.25, 0.3) is 0 Å². The molecule has 1 fully saturated rings. The van der Waals surface area contributed by atoms with Crippen LogP contribution in [0.4, 0.5) is 10.1 Å². The van der Waals surface area contributed by atoms with E-state index < -0.39 is 5.82 Å². The molecule has 0 N–H and O–H groups in total. The Morgan fingerprint density at radius 2 is 1.83 bits per heavy atom. The largest absolute Gasteiger partial charge is 0.274 e.